The quantitative estimate of drug-likeness (QED) is 0.521. The van der Waals surface area contributed by atoms with Gasteiger partial charge in [-0.3, -0.25) is 4.57 Å². The molecule has 1 fully saturated rings. The molecule has 1 saturated heterocycles. The molecule has 2 aromatic heterocycles. The fourth-order valence-corrected chi connectivity index (χ4v) is 2.64. The summed E-state index contributed by atoms with van der Waals surface area (Å²) in [6, 6.07) is 0. The van der Waals surface area contributed by atoms with E-state index in [0.29, 0.717) is 5.52 Å². The minimum atomic E-state index is -1.65. The van der Waals surface area contributed by atoms with Gasteiger partial charge >= 0.3 is 0 Å². The fourth-order valence-electron chi connectivity index (χ4n) is 2.47. The lowest BCUT2D eigenvalue weighted by Crippen LogP contribution is -2.44. The van der Waals surface area contributed by atoms with Gasteiger partial charge in [0.1, 0.15) is 23.3 Å². The molecular weight excluding hydrogens is 302 g/mol. The Morgan fingerprint density at radius 3 is 2.86 bits per heavy atom. The number of imidazole rings is 1. The predicted octanol–water partition coefficient (Wildman–Crippen LogP) is -0.937. The molecule has 0 spiro atoms. The SMILES string of the molecule is C[C@@]1(O)[C@H](O)[C@@H](CO)O[C@H]1n1cnc2c(N)nc(Cl)nc21. The van der Waals surface area contributed by atoms with Crippen molar-refractivity contribution in [1.29, 1.82) is 0 Å². The molecule has 0 saturated carbocycles. The molecule has 1 aliphatic rings. The van der Waals surface area contributed by atoms with E-state index < -0.39 is 30.6 Å². The van der Waals surface area contributed by atoms with Crippen LogP contribution in [0.25, 0.3) is 11.2 Å². The van der Waals surface area contributed by atoms with Crippen LogP contribution in [0.4, 0.5) is 5.82 Å². The van der Waals surface area contributed by atoms with Crippen molar-refractivity contribution in [3.63, 3.8) is 0 Å². The van der Waals surface area contributed by atoms with Gasteiger partial charge in [-0.05, 0) is 18.5 Å². The summed E-state index contributed by atoms with van der Waals surface area (Å²) in [4.78, 5) is 11.9. The van der Waals surface area contributed by atoms with Crippen molar-refractivity contribution < 1.29 is 20.1 Å². The molecule has 2 aromatic rings. The highest BCUT2D eigenvalue weighted by Crippen LogP contribution is 2.39. The smallest absolute Gasteiger partial charge is 0.226 e. The van der Waals surface area contributed by atoms with Gasteiger partial charge in [0.25, 0.3) is 0 Å². The van der Waals surface area contributed by atoms with Crippen molar-refractivity contribution >= 4 is 28.6 Å². The van der Waals surface area contributed by atoms with Crippen LogP contribution in [0, 0.1) is 0 Å². The summed E-state index contributed by atoms with van der Waals surface area (Å²) < 4.78 is 6.90. The summed E-state index contributed by atoms with van der Waals surface area (Å²) in [6.07, 6.45) is -1.82. The van der Waals surface area contributed by atoms with Crippen LogP contribution in [0.5, 0.6) is 0 Å². The molecule has 1 aliphatic heterocycles. The van der Waals surface area contributed by atoms with Gasteiger partial charge in [-0.1, -0.05) is 0 Å². The van der Waals surface area contributed by atoms with Crippen molar-refractivity contribution in [2.75, 3.05) is 12.3 Å². The van der Waals surface area contributed by atoms with Crippen molar-refractivity contribution in [3.8, 4) is 0 Å². The van der Waals surface area contributed by atoms with Crippen LogP contribution in [0.15, 0.2) is 6.33 Å². The molecule has 3 heterocycles. The third-order valence-corrected chi connectivity index (χ3v) is 3.78. The number of ether oxygens (including phenoxy) is 1. The average Bonchev–Trinajstić information content (AvgIpc) is 2.91. The first kappa shape index (κ1) is 14.4. The zero-order valence-electron chi connectivity index (χ0n) is 11.0. The number of anilines is 1. The van der Waals surface area contributed by atoms with Gasteiger partial charge in [0.15, 0.2) is 17.7 Å². The fraction of sp³-hybridized carbons (Fsp3) is 0.545. The summed E-state index contributed by atoms with van der Waals surface area (Å²) in [5, 5.41) is 29.6. The van der Waals surface area contributed by atoms with Gasteiger partial charge in [-0.2, -0.15) is 9.97 Å². The van der Waals surface area contributed by atoms with Crippen LogP contribution in [-0.4, -0.2) is 59.3 Å². The van der Waals surface area contributed by atoms with E-state index in [-0.39, 0.29) is 16.7 Å². The number of aliphatic hydroxyl groups excluding tert-OH is 2. The van der Waals surface area contributed by atoms with Gasteiger partial charge in [-0.25, -0.2) is 4.98 Å². The largest absolute Gasteiger partial charge is 0.394 e. The Bertz CT molecular complexity index is 691. The molecule has 0 radical (unpaired) electrons. The van der Waals surface area contributed by atoms with Gasteiger partial charge < -0.3 is 25.8 Å². The Morgan fingerprint density at radius 1 is 1.52 bits per heavy atom. The molecule has 21 heavy (non-hydrogen) atoms. The second kappa shape index (κ2) is 4.75. The zero-order chi connectivity index (χ0) is 15.4. The van der Waals surface area contributed by atoms with Crippen molar-refractivity contribution in [2.45, 2.75) is 31.0 Å². The van der Waals surface area contributed by atoms with Crippen LogP contribution < -0.4 is 5.73 Å². The lowest BCUT2D eigenvalue weighted by molar-refractivity contribution is -0.0950. The summed E-state index contributed by atoms with van der Waals surface area (Å²) in [5.41, 5.74) is 4.64. The standard InChI is InChI=1S/C11H14ClN5O4/c1-11(20)6(19)4(2-18)21-9(11)17-3-14-5-7(13)15-10(12)16-8(5)17/h3-4,6,9,18-20H,2H2,1H3,(H2,13,15,16)/t4-,6-,9-,11-/m1/s1. The molecule has 0 bridgehead atoms. The molecule has 114 valence electrons. The van der Waals surface area contributed by atoms with Crippen molar-refractivity contribution in [2.24, 2.45) is 0 Å². The Kier molecular flexibility index (Phi) is 3.26. The molecule has 0 aromatic carbocycles. The Hall–Kier alpha value is -1.52. The normalized spacial score (nSPS) is 32.9. The summed E-state index contributed by atoms with van der Waals surface area (Å²) in [6.45, 7) is 0.967. The maximum atomic E-state index is 10.5. The molecule has 9 nitrogen and oxygen atoms in total. The Balaban J connectivity index is 2.13. The third kappa shape index (κ3) is 2.05. The highest BCUT2D eigenvalue weighted by molar-refractivity contribution is 6.28. The number of hydrogen-bond donors (Lipinski definition) is 4. The number of halogens is 1. The summed E-state index contributed by atoms with van der Waals surface area (Å²) in [7, 11) is 0. The van der Waals surface area contributed by atoms with Crippen molar-refractivity contribution in [1.82, 2.24) is 19.5 Å². The molecule has 0 unspecified atom stereocenters. The number of nitrogens with two attached hydrogens (primary N) is 1. The van der Waals surface area contributed by atoms with Crippen LogP contribution in [0.1, 0.15) is 13.2 Å². The van der Waals surface area contributed by atoms with Gasteiger partial charge in [-0.15, -0.1) is 0 Å². The maximum absolute atomic E-state index is 10.5. The number of aromatic nitrogens is 4. The van der Waals surface area contributed by atoms with E-state index in [2.05, 4.69) is 15.0 Å². The number of hydrogen-bond acceptors (Lipinski definition) is 8. The number of fused-ring (bicyclic) bond motifs is 1. The van der Waals surface area contributed by atoms with Crippen LogP contribution >= 0.6 is 11.6 Å². The molecule has 0 amide bonds. The Morgan fingerprint density at radius 2 is 2.24 bits per heavy atom. The lowest BCUT2D eigenvalue weighted by atomic mass is 9.96. The first-order valence-electron chi connectivity index (χ1n) is 6.18. The molecule has 5 N–H and O–H groups in total. The molecule has 3 rings (SSSR count). The van der Waals surface area contributed by atoms with E-state index in [1.54, 1.807) is 0 Å². The highest BCUT2D eigenvalue weighted by Gasteiger charge is 2.53. The van der Waals surface area contributed by atoms with E-state index in [1.807, 2.05) is 0 Å². The summed E-state index contributed by atoms with van der Waals surface area (Å²) in [5.74, 6) is 0.0978. The highest BCUT2D eigenvalue weighted by atomic mass is 35.5. The molecular formula is C11H14ClN5O4. The minimum Gasteiger partial charge on any atom is -0.394 e. The van der Waals surface area contributed by atoms with Crippen LogP contribution in [-0.2, 0) is 4.74 Å². The average molecular weight is 316 g/mol. The van der Waals surface area contributed by atoms with E-state index in [0.717, 1.165) is 0 Å². The van der Waals surface area contributed by atoms with Crippen LogP contribution in [0.2, 0.25) is 5.28 Å². The first-order chi connectivity index (χ1) is 9.86. The van der Waals surface area contributed by atoms with Gasteiger partial charge in [0.2, 0.25) is 5.28 Å². The minimum absolute atomic E-state index is 0.0707. The molecule has 10 heteroatoms. The van der Waals surface area contributed by atoms with Crippen molar-refractivity contribution in [3.05, 3.63) is 11.6 Å². The van der Waals surface area contributed by atoms with E-state index in [4.69, 9.17) is 22.1 Å². The van der Waals surface area contributed by atoms with E-state index >= 15 is 0 Å². The predicted molar refractivity (Wildman–Crippen MR) is 72.4 cm³/mol. The number of aliphatic hydroxyl groups is 3. The number of nitrogen functional groups attached to an aromatic ring is 1. The monoisotopic (exact) mass is 315 g/mol. The number of rotatable bonds is 2. The second-order valence-corrected chi connectivity index (χ2v) is 5.42. The molecule has 0 aliphatic carbocycles. The first-order valence-corrected chi connectivity index (χ1v) is 6.56. The van der Waals surface area contributed by atoms with Gasteiger partial charge in [0, 0.05) is 0 Å². The summed E-state index contributed by atoms with van der Waals surface area (Å²) >= 11 is 5.78. The second-order valence-electron chi connectivity index (χ2n) is 5.08. The number of nitrogens with zero attached hydrogens (tertiary/aromatic N) is 4. The third-order valence-electron chi connectivity index (χ3n) is 3.61. The lowest BCUT2D eigenvalue weighted by Gasteiger charge is -2.27. The van der Waals surface area contributed by atoms with E-state index in [9.17, 15) is 15.3 Å². The van der Waals surface area contributed by atoms with Gasteiger partial charge in [0.05, 0.1) is 12.9 Å². The molecule has 4 atom stereocenters. The topological polar surface area (TPSA) is 140 Å². The maximum Gasteiger partial charge on any atom is 0.226 e. The van der Waals surface area contributed by atoms with E-state index in [1.165, 1.54) is 17.8 Å². The zero-order valence-corrected chi connectivity index (χ0v) is 11.8. The Labute approximate surface area is 124 Å². The van der Waals surface area contributed by atoms with Crippen LogP contribution in [0.3, 0.4) is 0 Å².